The predicted octanol–water partition coefficient (Wildman–Crippen LogP) is 4.27. The molecular weight excluding hydrogens is 549 g/mol. The third-order valence-corrected chi connectivity index (χ3v) is 6.55. The Labute approximate surface area is 223 Å². The first-order valence-corrected chi connectivity index (χ1v) is 13.0. The Balaban J connectivity index is 1.46. The molecule has 0 aliphatic heterocycles. The Bertz CT molecular complexity index is 1340. The van der Waals surface area contributed by atoms with E-state index in [-0.39, 0.29) is 40.6 Å². The lowest BCUT2D eigenvalue weighted by Gasteiger charge is -2.12. The van der Waals surface area contributed by atoms with Crippen molar-refractivity contribution >= 4 is 68.0 Å². The van der Waals surface area contributed by atoms with Gasteiger partial charge in [0.2, 0.25) is 11.7 Å². The van der Waals surface area contributed by atoms with Gasteiger partial charge in [-0.15, -0.1) is 0 Å². The van der Waals surface area contributed by atoms with Crippen molar-refractivity contribution in [2.75, 3.05) is 23.8 Å². The molecule has 1 heterocycles. The molecule has 3 N–H and O–H groups in total. The van der Waals surface area contributed by atoms with Crippen LogP contribution in [0.2, 0.25) is 10.0 Å². The van der Waals surface area contributed by atoms with Gasteiger partial charge in [0.25, 0.3) is 15.9 Å². The molecule has 190 valence electrons. The molecule has 3 aromatic rings. The molecule has 3 rings (SSSR count). The second-order valence-electron chi connectivity index (χ2n) is 7.07. The van der Waals surface area contributed by atoms with E-state index in [0.717, 1.165) is 0 Å². The number of rotatable bonds is 10. The van der Waals surface area contributed by atoms with Gasteiger partial charge in [0.05, 0.1) is 23.6 Å². The van der Waals surface area contributed by atoms with Gasteiger partial charge in [-0.1, -0.05) is 23.2 Å². The van der Waals surface area contributed by atoms with Crippen molar-refractivity contribution in [3.8, 4) is 11.6 Å². The van der Waals surface area contributed by atoms with Crippen LogP contribution in [0.3, 0.4) is 0 Å². The van der Waals surface area contributed by atoms with E-state index in [0.29, 0.717) is 27.9 Å². The summed E-state index contributed by atoms with van der Waals surface area (Å²) in [6.07, 6.45) is 3.32. The summed E-state index contributed by atoms with van der Waals surface area (Å²) in [5, 5.41) is 6.35. The molecule has 14 heteroatoms. The van der Waals surface area contributed by atoms with Crippen LogP contribution in [0, 0.1) is 0 Å². The summed E-state index contributed by atoms with van der Waals surface area (Å²) in [7, 11) is -2.58. The number of sulfonamides is 1. The highest BCUT2D eigenvalue weighted by molar-refractivity contribution is 7.92. The number of nitrogens with one attached hydrogen (secondary N) is 3. The average molecular weight is 570 g/mol. The number of methoxy groups -OCH3 is 1. The molecule has 0 fully saturated rings. The first-order chi connectivity index (χ1) is 17.2. The number of amides is 1. The molecular formula is C22H21Cl2N5O5S2. The van der Waals surface area contributed by atoms with Gasteiger partial charge in [0, 0.05) is 29.5 Å². The zero-order valence-electron chi connectivity index (χ0n) is 18.8. The van der Waals surface area contributed by atoms with Crippen LogP contribution < -0.4 is 24.8 Å². The van der Waals surface area contributed by atoms with E-state index < -0.39 is 10.0 Å². The first-order valence-electron chi connectivity index (χ1n) is 10.3. The molecule has 1 amide bonds. The van der Waals surface area contributed by atoms with Crippen molar-refractivity contribution in [3.63, 3.8) is 0 Å². The van der Waals surface area contributed by atoms with Crippen LogP contribution in [0.1, 0.15) is 12.8 Å². The van der Waals surface area contributed by atoms with Crippen LogP contribution >= 0.6 is 35.4 Å². The number of anilines is 2. The lowest BCUT2D eigenvalue weighted by Crippen LogP contribution is -2.34. The zero-order valence-corrected chi connectivity index (χ0v) is 22.0. The highest BCUT2D eigenvalue weighted by atomic mass is 35.5. The van der Waals surface area contributed by atoms with Gasteiger partial charge in [0.15, 0.2) is 5.11 Å². The number of thiocarbonyl (C=S) groups is 1. The number of hydrogen-bond acceptors (Lipinski definition) is 8. The molecule has 0 aliphatic rings. The van der Waals surface area contributed by atoms with Gasteiger partial charge in [-0.2, -0.15) is 0 Å². The Hall–Kier alpha value is -3.19. The van der Waals surface area contributed by atoms with E-state index in [2.05, 4.69) is 25.3 Å². The largest absolute Gasteiger partial charge is 0.492 e. The number of ether oxygens (including phenoxy) is 2. The van der Waals surface area contributed by atoms with Gasteiger partial charge in [0.1, 0.15) is 5.75 Å². The van der Waals surface area contributed by atoms with Crippen molar-refractivity contribution in [1.29, 1.82) is 0 Å². The highest BCUT2D eigenvalue weighted by Gasteiger charge is 2.18. The van der Waals surface area contributed by atoms with E-state index in [1.807, 2.05) is 0 Å². The normalized spacial score (nSPS) is 10.9. The number of halogens is 2. The van der Waals surface area contributed by atoms with E-state index in [4.69, 9.17) is 44.9 Å². The molecule has 0 aliphatic carbocycles. The summed E-state index contributed by atoms with van der Waals surface area (Å²) >= 11 is 17.0. The Morgan fingerprint density at radius 1 is 1.08 bits per heavy atom. The third-order valence-electron chi connectivity index (χ3n) is 4.46. The molecule has 36 heavy (non-hydrogen) atoms. The highest BCUT2D eigenvalue weighted by Crippen LogP contribution is 2.27. The number of carbonyl (C=O) groups is 1. The fourth-order valence-electron chi connectivity index (χ4n) is 2.81. The first kappa shape index (κ1) is 27.4. The van der Waals surface area contributed by atoms with Crippen LogP contribution in [0.15, 0.2) is 59.8 Å². The molecule has 0 bridgehead atoms. The van der Waals surface area contributed by atoms with Gasteiger partial charge in [-0.05, 0) is 61.1 Å². The van der Waals surface area contributed by atoms with Crippen LogP contribution in [-0.4, -0.2) is 43.1 Å². The smallest absolute Gasteiger partial charge is 0.263 e. The molecule has 0 saturated heterocycles. The number of aromatic nitrogens is 2. The van der Waals surface area contributed by atoms with Crippen molar-refractivity contribution in [2.45, 2.75) is 17.7 Å². The Morgan fingerprint density at radius 2 is 1.81 bits per heavy atom. The van der Waals surface area contributed by atoms with Gasteiger partial charge < -0.3 is 20.1 Å². The predicted molar refractivity (Wildman–Crippen MR) is 141 cm³/mol. The van der Waals surface area contributed by atoms with Crippen molar-refractivity contribution < 1.29 is 22.7 Å². The average Bonchev–Trinajstić information content (AvgIpc) is 2.83. The quantitative estimate of drug-likeness (QED) is 0.242. The third kappa shape index (κ3) is 7.92. The summed E-state index contributed by atoms with van der Waals surface area (Å²) in [4.78, 5) is 19.9. The van der Waals surface area contributed by atoms with E-state index in [1.165, 1.54) is 43.8 Å². The van der Waals surface area contributed by atoms with E-state index in [1.54, 1.807) is 18.2 Å². The van der Waals surface area contributed by atoms with Crippen molar-refractivity contribution in [2.24, 2.45) is 0 Å². The fraction of sp³-hybridized carbons (Fsp3) is 0.182. The van der Waals surface area contributed by atoms with E-state index in [9.17, 15) is 13.2 Å². The van der Waals surface area contributed by atoms with Crippen LogP contribution in [0.5, 0.6) is 11.6 Å². The number of carbonyl (C=O) groups excluding carboxylic acids is 1. The number of hydrogen-bond donors (Lipinski definition) is 3. The van der Waals surface area contributed by atoms with Crippen LogP contribution in [0.4, 0.5) is 11.5 Å². The lowest BCUT2D eigenvalue weighted by atomic mass is 10.3. The monoisotopic (exact) mass is 569 g/mol. The molecule has 0 spiro atoms. The lowest BCUT2D eigenvalue weighted by molar-refractivity contribution is -0.119. The standard InChI is InChI=1S/C22H21Cl2N5O5S2/c1-33-21-20(25-10-11-26-21)29-36(31,32)16-7-5-15(6-8-16)27-22(35)28-19(30)3-2-12-34-18-9-4-14(23)13-17(18)24/h4-11,13H,2-3,12H2,1H3,(H,25,29)(H2,27,28,30,35). The van der Waals surface area contributed by atoms with Crippen LogP contribution in [-0.2, 0) is 14.8 Å². The van der Waals surface area contributed by atoms with E-state index >= 15 is 0 Å². The number of benzene rings is 2. The topological polar surface area (TPSA) is 132 Å². The summed E-state index contributed by atoms with van der Waals surface area (Å²) < 4.78 is 38.2. The van der Waals surface area contributed by atoms with Gasteiger partial charge >= 0.3 is 0 Å². The van der Waals surface area contributed by atoms with Crippen molar-refractivity contribution in [1.82, 2.24) is 15.3 Å². The molecule has 10 nitrogen and oxygen atoms in total. The molecule has 0 unspecified atom stereocenters. The van der Waals surface area contributed by atoms with Crippen LogP contribution in [0.25, 0.3) is 0 Å². The minimum atomic E-state index is -3.94. The molecule has 2 aromatic carbocycles. The Morgan fingerprint density at radius 3 is 2.50 bits per heavy atom. The summed E-state index contributed by atoms with van der Waals surface area (Å²) in [6, 6.07) is 10.6. The molecule has 0 atom stereocenters. The molecule has 0 radical (unpaired) electrons. The Kier molecular flexibility index (Phi) is 9.65. The maximum atomic E-state index is 12.6. The number of nitrogens with zero attached hydrogens (tertiary/aromatic N) is 2. The van der Waals surface area contributed by atoms with Crippen molar-refractivity contribution in [3.05, 3.63) is 64.9 Å². The summed E-state index contributed by atoms with van der Waals surface area (Å²) in [5.74, 6) is 0.184. The second kappa shape index (κ2) is 12.7. The molecule has 0 saturated carbocycles. The minimum Gasteiger partial charge on any atom is -0.492 e. The second-order valence-corrected chi connectivity index (χ2v) is 10.0. The maximum Gasteiger partial charge on any atom is 0.263 e. The maximum absolute atomic E-state index is 12.6. The summed E-state index contributed by atoms with van der Waals surface area (Å²) in [5.41, 5.74) is 0.483. The van der Waals surface area contributed by atoms with Gasteiger partial charge in [-0.25, -0.2) is 18.4 Å². The zero-order chi connectivity index (χ0) is 26.1. The SMILES string of the molecule is COc1nccnc1NS(=O)(=O)c1ccc(NC(=S)NC(=O)CCCOc2ccc(Cl)cc2Cl)cc1. The molecule has 1 aromatic heterocycles. The van der Waals surface area contributed by atoms with Gasteiger partial charge in [-0.3, -0.25) is 9.52 Å². The minimum absolute atomic E-state index is 0.0171. The fourth-order valence-corrected chi connectivity index (χ4v) is 4.51. The summed E-state index contributed by atoms with van der Waals surface area (Å²) in [6.45, 7) is 0.277.